The van der Waals surface area contributed by atoms with Crippen molar-refractivity contribution in [2.24, 2.45) is 10.7 Å². The van der Waals surface area contributed by atoms with Gasteiger partial charge in [-0.25, -0.2) is 4.99 Å². The maximum Gasteiger partial charge on any atom is 0.235 e. The molecule has 1 aliphatic heterocycles. The molecule has 4 nitrogen and oxygen atoms in total. The maximum atomic E-state index is 8.95. The predicted molar refractivity (Wildman–Crippen MR) is 42.6 cm³/mol. The number of nitrogens with two attached hydrogens (primary N) is 1. The number of hydrogen-bond acceptors (Lipinski definition) is 4. The Bertz CT molecular complexity index is 167. The van der Waals surface area contributed by atoms with Crippen LogP contribution in [0.1, 0.15) is 0 Å². The molecular weight excluding hydrogens is 233 g/mol. The summed E-state index contributed by atoms with van der Waals surface area (Å²) in [6, 6.07) is 0. The molecule has 1 atom stereocenters. The van der Waals surface area contributed by atoms with Gasteiger partial charge in [0.1, 0.15) is 5.84 Å². The van der Waals surface area contributed by atoms with Crippen LogP contribution in [0.3, 0.4) is 0 Å². The van der Waals surface area contributed by atoms with E-state index in [1.165, 1.54) is 3.11 Å². The lowest BCUT2D eigenvalue weighted by Crippen LogP contribution is -2.27. The van der Waals surface area contributed by atoms with Gasteiger partial charge in [0.2, 0.25) is 6.35 Å². The molecule has 1 unspecified atom stereocenters. The molecule has 0 fully saturated rings. The third-order valence-electron chi connectivity index (χ3n) is 0.873. The summed E-state index contributed by atoms with van der Waals surface area (Å²) in [5, 5.41) is 8.95. The van der Waals surface area contributed by atoms with Crippen molar-refractivity contribution in [1.29, 1.82) is 0 Å². The number of aliphatic hydroxyl groups is 1. The van der Waals surface area contributed by atoms with Crippen LogP contribution in [0.5, 0.6) is 0 Å². The van der Waals surface area contributed by atoms with E-state index in [4.69, 9.17) is 10.8 Å². The molecule has 50 valence electrons. The van der Waals surface area contributed by atoms with Crippen LogP contribution in [-0.4, -0.2) is 20.4 Å². The fraction of sp³-hybridized carbons (Fsp3) is 0.250. The minimum atomic E-state index is -0.824. The summed E-state index contributed by atoms with van der Waals surface area (Å²) >= 11 is 1.93. The van der Waals surface area contributed by atoms with Crippen LogP contribution in [0.25, 0.3) is 0 Å². The van der Waals surface area contributed by atoms with Gasteiger partial charge in [-0.15, -0.1) is 0 Å². The van der Waals surface area contributed by atoms with Crippen LogP contribution < -0.4 is 5.73 Å². The molecule has 1 heterocycles. The second-order valence-corrected chi connectivity index (χ2v) is 2.67. The number of aliphatic hydroxyl groups excluding tert-OH is 1. The highest BCUT2D eigenvalue weighted by atomic mass is 127. The normalized spacial score (nSPS) is 26.2. The SMILES string of the molecule is NC1=NC(O)N(I)C=C1. The number of hydrogen-bond donors (Lipinski definition) is 2. The number of nitrogens with zero attached hydrogens (tertiary/aromatic N) is 2. The topological polar surface area (TPSA) is 61.9 Å². The van der Waals surface area contributed by atoms with Crippen LogP contribution in [-0.2, 0) is 0 Å². The molecule has 9 heavy (non-hydrogen) atoms. The van der Waals surface area contributed by atoms with Gasteiger partial charge in [-0.2, -0.15) is 0 Å². The van der Waals surface area contributed by atoms with E-state index in [9.17, 15) is 0 Å². The van der Waals surface area contributed by atoms with Crippen LogP contribution in [0.4, 0.5) is 0 Å². The smallest absolute Gasteiger partial charge is 0.235 e. The van der Waals surface area contributed by atoms with Crippen molar-refractivity contribution in [3.63, 3.8) is 0 Å². The molecule has 0 spiro atoms. The van der Waals surface area contributed by atoms with Crippen molar-refractivity contribution in [3.05, 3.63) is 12.3 Å². The molecule has 0 amide bonds. The van der Waals surface area contributed by atoms with E-state index in [-0.39, 0.29) is 0 Å². The van der Waals surface area contributed by atoms with Crippen molar-refractivity contribution in [2.75, 3.05) is 0 Å². The van der Waals surface area contributed by atoms with Crippen LogP contribution in [0, 0.1) is 0 Å². The van der Waals surface area contributed by atoms with Crippen molar-refractivity contribution in [3.8, 4) is 0 Å². The average molecular weight is 239 g/mol. The zero-order valence-electron chi connectivity index (χ0n) is 4.53. The second kappa shape index (κ2) is 2.53. The van der Waals surface area contributed by atoms with Gasteiger partial charge in [0.05, 0.1) is 22.9 Å². The molecule has 0 saturated carbocycles. The standard InChI is InChI=1S/C4H6IN3O/c5-8-2-1-3(6)7-4(8)9/h1-2,4,9H,(H2,6,7). The lowest BCUT2D eigenvalue weighted by atomic mass is 10.5. The summed E-state index contributed by atoms with van der Waals surface area (Å²) in [5.41, 5.74) is 5.26. The Morgan fingerprint density at radius 1 is 1.89 bits per heavy atom. The summed E-state index contributed by atoms with van der Waals surface area (Å²) in [4.78, 5) is 3.65. The van der Waals surface area contributed by atoms with Crippen molar-refractivity contribution in [1.82, 2.24) is 3.11 Å². The third-order valence-corrected chi connectivity index (χ3v) is 1.69. The van der Waals surface area contributed by atoms with Gasteiger partial charge in [0.25, 0.3) is 0 Å². The van der Waals surface area contributed by atoms with E-state index in [2.05, 4.69) is 4.99 Å². The Balaban J connectivity index is 2.70. The number of aliphatic imine (C=N–C) groups is 1. The fourth-order valence-electron chi connectivity index (χ4n) is 0.456. The molecule has 0 aromatic carbocycles. The lowest BCUT2D eigenvalue weighted by Gasteiger charge is -2.18. The summed E-state index contributed by atoms with van der Waals surface area (Å²) in [5.74, 6) is 0.357. The molecule has 0 aromatic heterocycles. The van der Waals surface area contributed by atoms with E-state index in [0.717, 1.165) is 0 Å². The summed E-state index contributed by atoms with van der Waals surface area (Å²) in [6.45, 7) is 0. The first-order chi connectivity index (χ1) is 4.20. The first-order valence-corrected chi connectivity index (χ1v) is 3.30. The Labute approximate surface area is 66.5 Å². The average Bonchev–Trinajstić information content (AvgIpc) is 1.80. The molecule has 0 bridgehead atoms. The van der Waals surface area contributed by atoms with Crippen molar-refractivity contribution in [2.45, 2.75) is 6.35 Å². The Morgan fingerprint density at radius 3 is 3.00 bits per heavy atom. The van der Waals surface area contributed by atoms with E-state index >= 15 is 0 Å². The number of halogens is 1. The highest BCUT2D eigenvalue weighted by Gasteiger charge is 2.09. The summed E-state index contributed by atoms with van der Waals surface area (Å²) in [7, 11) is 0. The molecular formula is C4H6IN3O. The molecule has 0 aromatic rings. The highest BCUT2D eigenvalue weighted by molar-refractivity contribution is 14.1. The highest BCUT2D eigenvalue weighted by Crippen LogP contribution is 2.09. The number of amidine groups is 1. The monoisotopic (exact) mass is 239 g/mol. The Hall–Kier alpha value is -0.300. The number of rotatable bonds is 0. The van der Waals surface area contributed by atoms with E-state index < -0.39 is 6.35 Å². The van der Waals surface area contributed by atoms with E-state index in [1.54, 1.807) is 12.3 Å². The molecule has 0 aliphatic carbocycles. The summed E-state index contributed by atoms with van der Waals surface area (Å²) in [6.07, 6.45) is 2.46. The predicted octanol–water partition coefficient (Wildman–Crippen LogP) is -0.201. The van der Waals surface area contributed by atoms with Gasteiger partial charge in [0.15, 0.2) is 0 Å². The molecule has 0 radical (unpaired) electrons. The largest absolute Gasteiger partial charge is 0.384 e. The van der Waals surface area contributed by atoms with Crippen LogP contribution >= 0.6 is 22.9 Å². The summed E-state index contributed by atoms with van der Waals surface area (Å²) < 4.78 is 1.52. The lowest BCUT2D eigenvalue weighted by molar-refractivity contribution is 0.115. The Morgan fingerprint density at radius 2 is 2.56 bits per heavy atom. The Kier molecular flexibility index (Phi) is 1.91. The van der Waals surface area contributed by atoms with Crippen LogP contribution in [0.2, 0.25) is 0 Å². The minimum absolute atomic E-state index is 0.357. The quantitative estimate of drug-likeness (QED) is 0.454. The molecule has 1 aliphatic rings. The second-order valence-electron chi connectivity index (χ2n) is 1.56. The third kappa shape index (κ3) is 1.55. The fourth-order valence-corrected chi connectivity index (χ4v) is 0.741. The van der Waals surface area contributed by atoms with Crippen molar-refractivity contribution >= 4 is 28.7 Å². The molecule has 5 heteroatoms. The first kappa shape index (κ1) is 6.81. The molecule has 3 N–H and O–H groups in total. The maximum absolute atomic E-state index is 8.95. The van der Waals surface area contributed by atoms with Gasteiger partial charge in [-0.05, 0) is 6.08 Å². The minimum Gasteiger partial charge on any atom is -0.384 e. The van der Waals surface area contributed by atoms with Gasteiger partial charge < -0.3 is 10.8 Å². The zero-order chi connectivity index (χ0) is 6.85. The molecule has 0 saturated heterocycles. The van der Waals surface area contributed by atoms with E-state index in [1.807, 2.05) is 22.9 Å². The molecule has 1 rings (SSSR count). The zero-order valence-corrected chi connectivity index (χ0v) is 6.69. The van der Waals surface area contributed by atoms with Gasteiger partial charge in [-0.3, -0.25) is 3.11 Å². The first-order valence-electron chi connectivity index (χ1n) is 2.34. The van der Waals surface area contributed by atoms with E-state index in [0.29, 0.717) is 5.84 Å². The van der Waals surface area contributed by atoms with Gasteiger partial charge in [0, 0.05) is 6.20 Å². The van der Waals surface area contributed by atoms with Crippen LogP contribution in [0.15, 0.2) is 17.3 Å². The van der Waals surface area contributed by atoms with Crippen molar-refractivity contribution < 1.29 is 5.11 Å². The van der Waals surface area contributed by atoms with Gasteiger partial charge in [-0.1, -0.05) is 0 Å². The van der Waals surface area contributed by atoms with Gasteiger partial charge >= 0.3 is 0 Å².